The van der Waals surface area contributed by atoms with Crippen LogP contribution in [0.3, 0.4) is 0 Å². The van der Waals surface area contributed by atoms with E-state index in [9.17, 15) is 5.11 Å². The summed E-state index contributed by atoms with van der Waals surface area (Å²) in [5, 5.41) is 14.9. The van der Waals surface area contributed by atoms with Crippen LogP contribution in [0, 0.1) is 6.92 Å². The van der Waals surface area contributed by atoms with Crippen LogP contribution in [-0.4, -0.2) is 15.8 Å². The molecule has 0 fully saturated rings. The molecular weight excluding hydrogens is 306 g/mol. The highest BCUT2D eigenvalue weighted by Gasteiger charge is 2.09. The van der Waals surface area contributed by atoms with Crippen LogP contribution >= 0.6 is 11.3 Å². The highest BCUT2D eigenvalue weighted by Crippen LogP contribution is 2.30. The van der Waals surface area contributed by atoms with Crippen LogP contribution in [0.15, 0.2) is 59.7 Å². The zero-order valence-corrected chi connectivity index (χ0v) is 13.8. The molecule has 2 N–H and O–H groups in total. The first kappa shape index (κ1) is 15.2. The number of hydrazone groups is 1. The van der Waals surface area contributed by atoms with E-state index in [1.165, 1.54) is 0 Å². The minimum absolute atomic E-state index is 0.218. The van der Waals surface area contributed by atoms with Crippen molar-refractivity contribution in [2.75, 3.05) is 5.43 Å². The number of para-hydroxylation sites is 1. The van der Waals surface area contributed by atoms with Gasteiger partial charge in [0.1, 0.15) is 5.75 Å². The van der Waals surface area contributed by atoms with Crippen molar-refractivity contribution in [1.82, 2.24) is 4.98 Å². The fourth-order valence-electron chi connectivity index (χ4n) is 2.28. The minimum atomic E-state index is 0.218. The lowest BCUT2D eigenvalue weighted by Crippen LogP contribution is -1.99. The summed E-state index contributed by atoms with van der Waals surface area (Å²) in [7, 11) is 0. The Hall–Kier alpha value is -2.66. The number of aromatic nitrogens is 1. The van der Waals surface area contributed by atoms with E-state index in [1.54, 1.807) is 23.5 Å². The lowest BCUT2D eigenvalue weighted by molar-refractivity contribution is 0.474. The molecule has 116 valence electrons. The fourth-order valence-corrected chi connectivity index (χ4v) is 3.06. The van der Waals surface area contributed by atoms with Gasteiger partial charge in [-0.15, -0.1) is 11.3 Å². The Morgan fingerprint density at radius 2 is 1.78 bits per heavy atom. The summed E-state index contributed by atoms with van der Waals surface area (Å²) >= 11 is 1.56. The van der Waals surface area contributed by atoms with Gasteiger partial charge in [-0.3, -0.25) is 5.43 Å². The lowest BCUT2D eigenvalue weighted by Gasteiger charge is -2.03. The summed E-state index contributed by atoms with van der Waals surface area (Å²) in [4.78, 5) is 5.74. The molecule has 0 aliphatic carbocycles. The molecule has 2 aromatic carbocycles. The average Bonchev–Trinajstić information content (AvgIpc) is 2.95. The summed E-state index contributed by atoms with van der Waals surface area (Å²) in [5.41, 5.74) is 6.46. The van der Waals surface area contributed by atoms with Crippen molar-refractivity contribution in [2.24, 2.45) is 5.10 Å². The standard InChI is InChI=1S/C18H17N3OS/c1-12(15-10-6-7-11-16(15)22)20-21-18-19-17(13(2)23-18)14-8-4-3-5-9-14/h3-11,22H,1-2H3,(H,19,21)/b20-12-. The molecule has 1 heterocycles. The van der Waals surface area contributed by atoms with E-state index in [0.29, 0.717) is 11.3 Å². The SMILES string of the molecule is C/C(=N/Nc1nc(-c2ccccc2)c(C)s1)c1ccccc1O. The topological polar surface area (TPSA) is 57.5 Å². The van der Waals surface area contributed by atoms with Gasteiger partial charge in [0.25, 0.3) is 0 Å². The summed E-state index contributed by atoms with van der Waals surface area (Å²) in [6, 6.07) is 17.2. The molecule has 0 aliphatic heterocycles. The Morgan fingerprint density at radius 1 is 1.09 bits per heavy atom. The molecule has 0 saturated heterocycles. The van der Waals surface area contributed by atoms with Crippen molar-refractivity contribution < 1.29 is 5.11 Å². The number of aromatic hydroxyl groups is 1. The van der Waals surface area contributed by atoms with Crippen LogP contribution in [-0.2, 0) is 0 Å². The van der Waals surface area contributed by atoms with Gasteiger partial charge in [-0.25, -0.2) is 4.98 Å². The molecule has 0 unspecified atom stereocenters. The number of anilines is 1. The summed E-state index contributed by atoms with van der Waals surface area (Å²) in [6.45, 7) is 3.89. The van der Waals surface area contributed by atoms with Gasteiger partial charge >= 0.3 is 0 Å². The number of benzene rings is 2. The van der Waals surface area contributed by atoms with Crippen LogP contribution in [0.1, 0.15) is 17.4 Å². The number of hydrogen-bond acceptors (Lipinski definition) is 5. The Bertz CT molecular complexity index is 840. The van der Waals surface area contributed by atoms with Gasteiger partial charge in [-0.05, 0) is 26.0 Å². The number of hydrogen-bond donors (Lipinski definition) is 2. The smallest absolute Gasteiger partial charge is 0.204 e. The predicted octanol–water partition coefficient (Wildman–Crippen LogP) is 4.66. The van der Waals surface area contributed by atoms with Gasteiger partial charge in [-0.2, -0.15) is 5.10 Å². The van der Waals surface area contributed by atoms with E-state index < -0.39 is 0 Å². The second kappa shape index (κ2) is 6.62. The van der Waals surface area contributed by atoms with Gasteiger partial charge in [0.05, 0.1) is 11.4 Å². The van der Waals surface area contributed by atoms with Crippen molar-refractivity contribution in [2.45, 2.75) is 13.8 Å². The second-order valence-electron chi connectivity index (χ2n) is 5.12. The normalized spacial score (nSPS) is 11.5. The molecule has 1 aromatic heterocycles. The molecule has 0 bridgehead atoms. The van der Waals surface area contributed by atoms with Crippen LogP contribution in [0.4, 0.5) is 5.13 Å². The maximum Gasteiger partial charge on any atom is 0.204 e. The van der Waals surface area contributed by atoms with Crippen LogP contribution in [0.2, 0.25) is 0 Å². The van der Waals surface area contributed by atoms with Crippen molar-refractivity contribution >= 4 is 22.2 Å². The molecule has 0 radical (unpaired) electrons. The number of nitrogens with one attached hydrogen (secondary N) is 1. The van der Waals surface area contributed by atoms with Crippen molar-refractivity contribution in [3.8, 4) is 17.0 Å². The van der Waals surface area contributed by atoms with E-state index in [1.807, 2.05) is 56.3 Å². The molecule has 0 amide bonds. The highest BCUT2D eigenvalue weighted by molar-refractivity contribution is 7.16. The Kier molecular flexibility index (Phi) is 4.39. The van der Waals surface area contributed by atoms with E-state index in [-0.39, 0.29) is 5.75 Å². The van der Waals surface area contributed by atoms with Gasteiger partial charge < -0.3 is 5.11 Å². The molecule has 0 spiro atoms. The van der Waals surface area contributed by atoms with E-state index in [2.05, 4.69) is 15.5 Å². The molecule has 23 heavy (non-hydrogen) atoms. The molecule has 3 rings (SSSR count). The van der Waals surface area contributed by atoms with Crippen LogP contribution in [0.25, 0.3) is 11.3 Å². The fraction of sp³-hybridized carbons (Fsp3) is 0.111. The lowest BCUT2D eigenvalue weighted by atomic mass is 10.1. The third-order valence-corrected chi connectivity index (χ3v) is 4.33. The number of phenolic OH excluding ortho intramolecular Hbond substituents is 1. The summed E-state index contributed by atoms with van der Waals surface area (Å²) < 4.78 is 0. The number of thiazole rings is 1. The largest absolute Gasteiger partial charge is 0.507 e. The van der Waals surface area contributed by atoms with Gasteiger partial charge in [0.2, 0.25) is 5.13 Å². The van der Waals surface area contributed by atoms with E-state index in [0.717, 1.165) is 21.3 Å². The quantitative estimate of drug-likeness (QED) is 0.542. The minimum Gasteiger partial charge on any atom is -0.507 e. The first-order valence-corrected chi connectivity index (χ1v) is 8.08. The molecule has 0 aliphatic rings. The molecule has 0 atom stereocenters. The zero-order chi connectivity index (χ0) is 16.2. The number of rotatable bonds is 4. The Morgan fingerprint density at radius 3 is 2.52 bits per heavy atom. The third-order valence-electron chi connectivity index (χ3n) is 3.46. The highest BCUT2D eigenvalue weighted by atomic mass is 32.1. The number of nitrogens with zero attached hydrogens (tertiary/aromatic N) is 2. The molecule has 5 heteroatoms. The van der Waals surface area contributed by atoms with Crippen LogP contribution < -0.4 is 5.43 Å². The maximum atomic E-state index is 9.85. The first-order chi connectivity index (χ1) is 11.1. The molecule has 3 aromatic rings. The maximum absolute atomic E-state index is 9.85. The van der Waals surface area contributed by atoms with Crippen molar-refractivity contribution in [3.05, 3.63) is 65.0 Å². The predicted molar refractivity (Wildman–Crippen MR) is 96.2 cm³/mol. The Balaban J connectivity index is 1.82. The molecule has 4 nitrogen and oxygen atoms in total. The van der Waals surface area contributed by atoms with Gasteiger partial charge in [-0.1, -0.05) is 42.5 Å². The van der Waals surface area contributed by atoms with Gasteiger partial charge in [0, 0.05) is 16.0 Å². The van der Waals surface area contributed by atoms with Gasteiger partial charge in [0.15, 0.2) is 0 Å². The van der Waals surface area contributed by atoms with E-state index >= 15 is 0 Å². The summed E-state index contributed by atoms with van der Waals surface area (Å²) in [6.07, 6.45) is 0. The monoisotopic (exact) mass is 323 g/mol. The number of phenols is 1. The van der Waals surface area contributed by atoms with E-state index in [4.69, 9.17) is 0 Å². The van der Waals surface area contributed by atoms with Crippen molar-refractivity contribution in [1.29, 1.82) is 0 Å². The number of aryl methyl sites for hydroxylation is 1. The van der Waals surface area contributed by atoms with Crippen LogP contribution in [0.5, 0.6) is 5.75 Å². The third kappa shape index (κ3) is 3.40. The molecule has 0 saturated carbocycles. The molecular formula is C18H17N3OS. The summed E-state index contributed by atoms with van der Waals surface area (Å²) in [5.74, 6) is 0.218. The average molecular weight is 323 g/mol. The second-order valence-corrected chi connectivity index (χ2v) is 6.32. The Labute approximate surface area is 139 Å². The van der Waals surface area contributed by atoms with Crippen molar-refractivity contribution in [3.63, 3.8) is 0 Å². The first-order valence-electron chi connectivity index (χ1n) is 7.26. The zero-order valence-electron chi connectivity index (χ0n) is 12.9.